The normalized spacial score (nSPS) is 20.9. The second-order valence-electron chi connectivity index (χ2n) is 5.78. The number of allylic oxidation sites excluding steroid dienone is 1. The molecule has 2 aromatic carbocycles. The molecule has 1 amide bonds. The van der Waals surface area contributed by atoms with Gasteiger partial charge < -0.3 is 0 Å². The van der Waals surface area contributed by atoms with Gasteiger partial charge in [0.2, 0.25) is 6.41 Å². The van der Waals surface area contributed by atoms with Crippen LogP contribution in [0.5, 0.6) is 0 Å². The number of amides is 1. The second-order valence-corrected chi connectivity index (χ2v) is 6.83. The molecule has 0 radical (unpaired) electrons. The number of hydrogen-bond acceptors (Lipinski definition) is 4. The number of rotatable bonds is 7. The predicted molar refractivity (Wildman–Crippen MR) is 104 cm³/mol. The molecule has 3 rings (SSSR count). The molecule has 4 nitrogen and oxygen atoms in total. The van der Waals surface area contributed by atoms with E-state index < -0.39 is 6.17 Å². The molecule has 2 aromatic rings. The Morgan fingerprint density at radius 3 is 2.41 bits per heavy atom. The Hall–Kier alpha value is -2.51. The molecule has 2 N–H and O–H groups in total. The molecule has 142 valence electrons. The fourth-order valence-electron chi connectivity index (χ4n) is 2.73. The molecule has 0 bridgehead atoms. The van der Waals surface area contributed by atoms with Crippen LogP contribution in [-0.4, -0.2) is 24.5 Å². The number of carbonyl (C=O) groups is 1. The summed E-state index contributed by atoms with van der Waals surface area (Å²) in [5, 5.41) is 7.26. The van der Waals surface area contributed by atoms with Gasteiger partial charge in [-0.3, -0.25) is 15.0 Å². The topological polar surface area (TPSA) is 61.7 Å². The first-order valence-corrected chi connectivity index (χ1v) is 9.16. The molecule has 1 saturated carbocycles. The van der Waals surface area contributed by atoms with Gasteiger partial charge in [-0.1, -0.05) is 42.5 Å². The zero-order valence-electron chi connectivity index (χ0n) is 14.5. The minimum absolute atomic E-state index is 0.107. The van der Waals surface area contributed by atoms with Gasteiger partial charge in [0.1, 0.15) is 12.0 Å². The summed E-state index contributed by atoms with van der Waals surface area (Å²) < 4.78 is 27.3. The lowest BCUT2D eigenvalue weighted by Gasteiger charge is -2.06. The smallest absolute Gasteiger partial charge is 0.230 e. The summed E-state index contributed by atoms with van der Waals surface area (Å²) in [6.45, 7) is 3.49. The van der Waals surface area contributed by atoms with Crippen molar-refractivity contribution < 1.29 is 18.8 Å². The summed E-state index contributed by atoms with van der Waals surface area (Å²) in [6, 6.07) is 16.1. The molecule has 27 heavy (non-hydrogen) atoms. The summed E-state index contributed by atoms with van der Waals surface area (Å²) in [5.74, 6) is 0.141. The number of carbonyl (C=O) groups excluding carboxylic acids is 1. The van der Waals surface area contributed by atoms with Crippen LogP contribution < -0.4 is 5.48 Å². The van der Waals surface area contributed by atoms with E-state index in [2.05, 4.69) is 11.7 Å². The zero-order chi connectivity index (χ0) is 19.6. The maximum Gasteiger partial charge on any atom is 0.230 e. The van der Waals surface area contributed by atoms with Gasteiger partial charge in [-0.25, -0.2) is 14.3 Å². The largest absolute Gasteiger partial charge is 0.289 e. The van der Waals surface area contributed by atoms with Crippen molar-refractivity contribution in [3.05, 3.63) is 82.6 Å². The standard InChI is InChI=1S/C19H17F2NS.CH3NO2/c1-22-11-16(23-12-13-7-9-15(20)10-8-13)18-17(19(18)21)14-5-3-2-4-6-14;3-1-2-4/h2-11,17-19H,1,12H2;1,4H,(H,2,3)/b16-11-;/t17-,18?,19?;/m1./s1. The maximum absolute atomic E-state index is 14.3. The number of hydrogen-bond donors (Lipinski definition) is 2. The van der Waals surface area contributed by atoms with E-state index in [4.69, 9.17) is 10.0 Å². The van der Waals surface area contributed by atoms with Crippen LogP contribution in [0.25, 0.3) is 0 Å². The average Bonchev–Trinajstić information content (AvgIpc) is 3.38. The van der Waals surface area contributed by atoms with Gasteiger partial charge in [0.05, 0.1) is 0 Å². The van der Waals surface area contributed by atoms with Gasteiger partial charge >= 0.3 is 0 Å². The van der Waals surface area contributed by atoms with Crippen molar-refractivity contribution >= 4 is 24.9 Å². The minimum Gasteiger partial charge on any atom is -0.289 e. The summed E-state index contributed by atoms with van der Waals surface area (Å²) in [7, 11) is 0. The van der Waals surface area contributed by atoms with E-state index >= 15 is 0 Å². The molecule has 0 saturated heterocycles. The van der Waals surface area contributed by atoms with Gasteiger partial charge in [-0.15, -0.1) is 11.8 Å². The molecule has 2 unspecified atom stereocenters. The van der Waals surface area contributed by atoms with Crippen LogP contribution in [0.2, 0.25) is 0 Å². The van der Waals surface area contributed by atoms with Crippen LogP contribution >= 0.6 is 11.8 Å². The van der Waals surface area contributed by atoms with E-state index in [-0.39, 0.29) is 24.1 Å². The Balaban J connectivity index is 0.000000596. The van der Waals surface area contributed by atoms with Gasteiger partial charge in [-0.2, -0.15) is 0 Å². The highest BCUT2D eigenvalue weighted by Gasteiger charge is 2.54. The van der Waals surface area contributed by atoms with E-state index in [0.29, 0.717) is 5.75 Å². The summed E-state index contributed by atoms with van der Waals surface area (Å²) in [6.07, 6.45) is 0.945. The molecule has 1 fully saturated rings. The summed E-state index contributed by atoms with van der Waals surface area (Å²) in [5.41, 5.74) is 3.26. The van der Waals surface area contributed by atoms with Crippen molar-refractivity contribution in [3.8, 4) is 0 Å². The lowest BCUT2D eigenvalue weighted by molar-refractivity contribution is -0.116. The first kappa shape index (κ1) is 20.8. The molecule has 3 atom stereocenters. The first-order valence-electron chi connectivity index (χ1n) is 8.17. The predicted octanol–water partition coefficient (Wildman–Crippen LogP) is 4.47. The molecule has 0 aromatic heterocycles. The number of thioether (sulfide) groups is 1. The third kappa shape index (κ3) is 6.01. The Kier molecular flexibility index (Phi) is 8.16. The van der Waals surface area contributed by atoms with E-state index in [1.807, 2.05) is 30.3 Å². The van der Waals surface area contributed by atoms with Crippen LogP contribution in [0.3, 0.4) is 0 Å². The van der Waals surface area contributed by atoms with E-state index in [1.165, 1.54) is 17.6 Å². The van der Waals surface area contributed by atoms with Crippen molar-refractivity contribution in [2.45, 2.75) is 17.8 Å². The summed E-state index contributed by atoms with van der Waals surface area (Å²) in [4.78, 5) is 13.5. The van der Waals surface area contributed by atoms with Crippen LogP contribution in [0, 0.1) is 11.7 Å². The van der Waals surface area contributed by atoms with Crippen LogP contribution in [0.15, 0.2) is 70.7 Å². The number of nitrogens with zero attached hydrogens (tertiary/aromatic N) is 1. The van der Waals surface area contributed by atoms with Crippen molar-refractivity contribution in [1.82, 2.24) is 5.48 Å². The monoisotopic (exact) mass is 390 g/mol. The third-order valence-corrected chi connectivity index (χ3v) is 5.22. The molecule has 0 spiro atoms. The number of halogens is 2. The van der Waals surface area contributed by atoms with Gasteiger partial charge in [0, 0.05) is 28.7 Å². The van der Waals surface area contributed by atoms with E-state index in [9.17, 15) is 8.78 Å². The summed E-state index contributed by atoms with van der Waals surface area (Å²) >= 11 is 1.54. The quantitative estimate of drug-likeness (QED) is 0.317. The Morgan fingerprint density at radius 2 is 1.85 bits per heavy atom. The van der Waals surface area contributed by atoms with Gasteiger partial charge in [-0.05, 0) is 30.0 Å². The van der Waals surface area contributed by atoms with Crippen molar-refractivity contribution in [2.24, 2.45) is 10.9 Å². The molecule has 1 aliphatic rings. The highest BCUT2D eigenvalue weighted by Crippen LogP contribution is 2.57. The SMILES string of the molecule is C=N/C=C(\SCc1ccc(F)cc1)C1C(F)[C@@H]1c1ccccc1.O=CNO. The first-order chi connectivity index (χ1) is 13.1. The second kappa shape index (κ2) is 10.6. The van der Waals surface area contributed by atoms with Crippen LogP contribution in [0.1, 0.15) is 17.0 Å². The van der Waals surface area contributed by atoms with Crippen molar-refractivity contribution in [3.63, 3.8) is 0 Å². The van der Waals surface area contributed by atoms with Crippen molar-refractivity contribution in [2.75, 3.05) is 0 Å². The molecule has 7 heteroatoms. The zero-order valence-corrected chi connectivity index (χ0v) is 15.3. The van der Waals surface area contributed by atoms with Crippen molar-refractivity contribution in [1.29, 1.82) is 0 Å². The molecule has 0 heterocycles. The average molecular weight is 390 g/mol. The lowest BCUT2D eigenvalue weighted by Crippen LogP contribution is -1.99. The van der Waals surface area contributed by atoms with Crippen LogP contribution in [0.4, 0.5) is 8.78 Å². The van der Waals surface area contributed by atoms with Gasteiger partial charge in [0.15, 0.2) is 0 Å². The Bertz CT molecular complexity index is 769. The Labute approximate surface area is 161 Å². The molecular formula is C20H20F2N2O2S. The van der Waals surface area contributed by atoms with E-state index in [1.54, 1.807) is 30.1 Å². The van der Waals surface area contributed by atoms with Crippen LogP contribution in [-0.2, 0) is 10.5 Å². The lowest BCUT2D eigenvalue weighted by atomic mass is 10.1. The highest BCUT2D eigenvalue weighted by molar-refractivity contribution is 8.02. The molecule has 0 aliphatic heterocycles. The fourth-order valence-corrected chi connectivity index (χ4v) is 3.88. The third-order valence-electron chi connectivity index (χ3n) is 4.04. The maximum atomic E-state index is 14.3. The highest BCUT2D eigenvalue weighted by atomic mass is 32.2. The number of nitrogens with one attached hydrogen (secondary N) is 1. The fraction of sp³-hybridized carbons (Fsp3) is 0.200. The van der Waals surface area contributed by atoms with Gasteiger partial charge in [0.25, 0.3) is 0 Å². The Morgan fingerprint density at radius 1 is 1.22 bits per heavy atom. The number of alkyl halides is 1. The number of benzene rings is 2. The molecular weight excluding hydrogens is 370 g/mol. The van der Waals surface area contributed by atoms with E-state index in [0.717, 1.165) is 16.0 Å². The number of aliphatic imine (C=N–C) groups is 1. The minimum atomic E-state index is -0.883. The number of hydroxylamine groups is 1. The molecule has 1 aliphatic carbocycles.